The van der Waals surface area contributed by atoms with Crippen LogP contribution in [0, 0.1) is 5.82 Å². The van der Waals surface area contributed by atoms with Crippen LogP contribution in [0.25, 0.3) is 0 Å². The van der Waals surface area contributed by atoms with Crippen LogP contribution in [-0.4, -0.2) is 27.6 Å². The second kappa shape index (κ2) is 6.33. The molecule has 0 amide bonds. The van der Waals surface area contributed by atoms with Crippen molar-refractivity contribution >= 4 is 0 Å². The minimum atomic E-state index is -0.602. The minimum absolute atomic E-state index is 0.279. The number of aromatic nitrogens is 1. The predicted octanol–water partition coefficient (Wildman–Crippen LogP) is 2.92. The maximum Gasteiger partial charge on any atom is 0.123 e. The van der Waals surface area contributed by atoms with Crippen molar-refractivity contribution in [3.8, 4) is 0 Å². The molecular formula is C17H19FN2O. The Morgan fingerprint density at radius 2 is 1.95 bits per heavy atom. The standard InChI is InChI=1S/C17H19FN2O/c18-14-6-4-13(5-7-14)17(21)12-20(16-8-9-16)11-15-3-1-2-10-19-15/h1-7,10,16-17,21H,8-9,11-12H2. The Morgan fingerprint density at radius 1 is 1.19 bits per heavy atom. The molecule has 1 heterocycles. The quantitative estimate of drug-likeness (QED) is 0.887. The van der Waals surface area contributed by atoms with Gasteiger partial charge >= 0.3 is 0 Å². The molecule has 4 heteroatoms. The smallest absolute Gasteiger partial charge is 0.123 e. The van der Waals surface area contributed by atoms with Crippen molar-refractivity contribution in [1.29, 1.82) is 0 Å². The molecule has 21 heavy (non-hydrogen) atoms. The first-order valence-corrected chi connectivity index (χ1v) is 7.30. The summed E-state index contributed by atoms with van der Waals surface area (Å²) in [6.07, 6.45) is 3.53. The van der Waals surface area contributed by atoms with E-state index in [-0.39, 0.29) is 5.82 Å². The third kappa shape index (κ3) is 3.86. The summed E-state index contributed by atoms with van der Waals surface area (Å²) in [5.74, 6) is -0.279. The van der Waals surface area contributed by atoms with Gasteiger partial charge in [0.15, 0.2) is 0 Å². The molecule has 1 fully saturated rings. The van der Waals surface area contributed by atoms with Crippen molar-refractivity contribution in [3.63, 3.8) is 0 Å². The van der Waals surface area contributed by atoms with Crippen molar-refractivity contribution in [2.24, 2.45) is 0 Å². The minimum Gasteiger partial charge on any atom is -0.387 e. The Balaban J connectivity index is 1.66. The van der Waals surface area contributed by atoms with Crippen molar-refractivity contribution in [1.82, 2.24) is 9.88 Å². The molecule has 1 saturated carbocycles. The number of benzene rings is 1. The monoisotopic (exact) mass is 286 g/mol. The summed E-state index contributed by atoms with van der Waals surface area (Å²) in [6, 6.07) is 12.5. The number of pyridine rings is 1. The van der Waals surface area contributed by atoms with E-state index in [1.807, 2.05) is 18.2 Å². The van der Waals surface area contributed by atoms with Crippen LogP contribution in [-0.2, 0) is 6.54 Å². The zero-order valence-electron chi connectivity index (χ0n) is 11.8. The predicted molar refractivity (Wildman–Crippen MR) is 79.0 cm³/mol. The fourth-order valence-corrected chi connectivity index (χ4v) is 2.49. The van der Waals surface area contributed by atoms with Gasteiger partial charge in [0.2, 0.25) is 0 Å². The van der Waals surface area contributed by atoms with Gasteiger partial charge < -0.3 is 5.11 Å². The summed E-state index contributed by atoms with van der Waals surface area (Å²) < 4.78 is 12.9. The fraction of sp³-hybridized carbons (Fsp3) is 0.353. The summed E-state index contributed by atoms with van der Waals surface area (Å²) in [4.78, 5) is 6.61. The van der Waals surface area contributed by atoms with Crippen LogP contribution in [0.3, 0.4) is 0 Å². The normalized spacial score (nSPS) is 16.1. The second-order valence-corrected chi connectivity index (χ2v) is 5.55. The second-order valence-electron chi connectivity index (χ2n) is 5.55. The number of rotatable bonds is 6. The Hall–Kier alpha value is -1.78. The molecular weight excluding hydrogens is 267 g/mol. The first-order valence-electron chi connectivity index (χ1n) is 7.30. The zero-order chi connectivity index (χ0) is 14.7. The molecule has 1 aliphatic rings. The SMILES string of the molecule is OC(CN(Cc1ccccn1)C1CC1)c1ccc(F)cc1. The molecule has 1 aromatic heterocycles. The molecule has 0 radical (unpaired) electrons. The molecule has 1 unspecified atom stereocenters. The number of aliphatic hydroxyl groups excluding tert-OH is 1. The molecule has 110 valence electrons. The van der Waals surface area contributed by atoms with E-state index in [4.69, 9.17) is 0 Å². The van der Waals surface area contributed by atoms with E-state index in [0.717, 1.165) is 17.8 Å². The molecule has 0 spiro atoms. The Morgan fingerprint density at radius 3 is 2.57 bits per heavy atom. The topological polar surface area (TPSA) is 36.4 Å². The summed E-state index contributed by atoms with van der Waals surface area (Å²) in [6.45, 7) is 1.29. The molecule has 0 saturated heterocycles. The lowest BCUT2D eigenvalue weighted by molar-refractivity contribution is 0.104. The van der Waals surface area contributed by atoms with Crippen LogP contribution in [0.1, 0.15) is 30.2 Å². The average Bonchev–Trinajstić information content (AvgIpc) is 3.33. The van der Waals surface area contributed by atoms with Gasteiger partial charge in [-0.2, -0.15) is 0 Å². The van der Waals surface area contributed by atoms with Crippen LogP contribution in [0.2, 0.25) is 0 Å². The highest BCUT2D eigenvalue weighted by atomic mass is 19.1. The maximum atomic E-state index is 12.9. The van der Waals surface area contributed by atoms with Crippen molar-refractivity contribution in [2.75, 3.05) is 6.54 Å². The maximum absolute atomic E-state index is 12.9. The van der Waals surface area contributed by atoms with E-state index in [2.05, 4.69) is 9.88 Å². The fourth-order valence-electron chi connectivity index (χ4n) is 2.49. The third-order valence-corrected chi connectivity index (χ3v) is 3.82. The van der Waals surface area contributed by atoms with Crippen molar-refractivity contribution in [3.05, 3.63) is 65.7 Å². The summed E-state index contributed by atoms with van der Waals surface area (Å²) in [5, 5.41) is 10.4. The Bertz CT molecular complexity index is 569. The van der Waals surface area contributed by atoms with E-state index >= 15 is 0 Å². The molecule has 1 N–H and O–H groups in total. The van der Waals surface area contributed by atoms with E-state index < -0.39 is 6.10 Å². The Labute approximate surface area is 124 Å². The lowest BCUT2D eigenvalue weighted by Crippen LogP contribution is -2.30. The van der Waals surface area contributed by atoms with Crippen LogP contribution in [0.15, 0.2) is 48.7 Å². The van der Waals surface area contributed by atoms with Crippen LogP contribution < -0.4 is 0 Å². The van der Waals surface area contributed by atoms with Crippen molar-refractivity contribution < 1.29 is 9.50 Å². The number of hydrogen-bond donors (Lipinski definition) is 1. The lowest BCUT2D eigenvalue weighted by Gasteiger charge is -2.24. The number of hydrogen-bond acceptors (Lipinski definition) is 3. The van der Waals surface area contributed by atoms with Crippen LogP contribution in [0.5, 0.6) is 0 Å². The van der Waals surface area contributed by atoms with E-state index in [0.29, 0.717) is 12.6 Å². The van der Waals surface area contributed by atoms with E-state index in [1.54, 1.807) is 18.3 Å². The number of nitrogens with zero attached hydrogens (tertiary/aromatic N) is 2. The molecule has 1 aromatic carbocycles. The number of aliphatic hydroxyl groups is 1. The van der Waals surface area contributed by atoms with Gasteiger partial charge in [-0.05, 0) is 42.7 Å². The van der Waals surface area contributed by atoms with Gasteiger partial charge in [0.25, 0.3) is 0 Å². The zero-order valence-corrected chi connectivity index (χ0v) is 11.8. The first-order chi connectivity index (χ1) is 10.2. The molecule has 2 aromatic rings. The summed E-state index contributed by atoms with van der Waals surface area (Å²) in [7, 11) is 0. The average molecular weight is 286 g/mol. The highest BCUT2D eigenvalue weighted by Crippen LogP contribution is 2.30. The van der Waals surface area contributed by atoms with E-state index in [9.17, 15) is 9.50 Å². The van der Waals surface area contributed by atoms with Gasteiger partial charge in [0, 0.05) is 25.3 Å². The molecule has 0 bridgehead atoms. The van der Waals surface area contributed by atoms with E-state index in [1.165, 1.54) is 25.0 Å². The highest BCUT2D eigenvalue weighted by molar-refractivity contribution is 5.19. The van der Waals surface area contributed by atoms with Crippen LogP contribution >= 0.6 is 0 Å². The largest absolute Gasteiger partial charge is 0.387 e. The van der Waals surface area contributed by atoms with Gasteiger partial charge in [-0.3, -0.25) is 9.88 Å². The molecule has 3 nitrogen and oxygen atoms in total. The molecule has 1 aliphatic carbocycles. The van der Waals surface area contributed by atoms with Gasteiger partial charge in [-0.1, -0.05) is 18.2 Å². The van der Waals surface area contributed by atoms with Gasteiger partial charge in [0.1, 0.15) is 5.82 Å². The molecule has 1 atom stereocenters. The lowest BCUT2D eigenvalue weighted by atomic mass is 10.1. The molecule has 0 aliphatic heterocycles. The van der Waals surface area contributed by atoms with Gasteiger partial charge in [-0.15, -0.1) is 0 Å². The summed E-state index contributed by atoms with van der Waals surface area (Å²) in [5.41, 5.74) is 1.76. The molecule has 3 rings (SSSR count). The first kappa shape index (κ1) is 14.2. The summed E-state index contributed by atoms with van der Waals surface area (Å²) >= 11 is 0. The highest BCUT2D eigenvalue weighted by Gasteiger charge is 2.30. The van der Waals surface area contributed by atoms with Gasteiger partial charge in [-0.25, -0.2) is 4.39 Å². The van der Waals surface area contributed by atoms with Gasteiger partial charge in [0.05, 0.1) is 11.8 Å². The van der Waals surface area contributed by atoms with Crippen molar-refractivity contribution in [2.45, 2.75) is 31.5 Å². The number of halogens is 1. The van der Waals surface area contributed by atoms with Crippen LogP contribution in [0.4, 0.5) is 4.39 Å². The Kier molecular flexibility index (Phi) is 4.27. The third-order valence-electron chi connectivity index (χ3n) is 3.82.